The molecule has 204 valence electrons. The molecule has 0 aromatic rings. The highest BCUT2D eigenvalue weighted by atomic mass is 16.6. The number of likely N-dealkylation sites (tertiary alicyclic amines) is 1. The highest BCUT2D eigenvalue weighted by Gasteiger charge is 2.56. The minimum absolute atomic E-state index is 0.0189. The van der Waals surface area contributed by atoms with Gasteiger partial charge in [0.2, 0.25) is 5.91 Å². The van der Waals surface area contributed by atoms with Crippen molar-refractivity contribution in [2.75, 3.05) is 13.2 Å². The second-order valence-electron chi connectivity index (χ2n) is 10.6. The van der Waals surface area contributed by atoms with Crippen molar-refractivity contribution < 1.29 is 38.9 Å². The Morgan fingerprint density at radius 3 is 2.53 bits per heavy atom. The number of carboxylic acid groups (broad SMARTS) is 1. The molecule has 1 saturated carbocycles. The van der Waals surface area contributed by atoms with Crippen LogP contribution in [0.1, 0.15) is 72.6 Å². The topological polar surface area (TPSA) is 168 Å². The van der Waals surface area contributed by atoms with E-state index in [9.17, 15) is 29.4 Å². The molecule has 1 saturated heterocycles. The van der Waals surface area contributed by atoms with Gasteiger partial charge in [-0.2, -0.15) is 0 Å². The van der Waals surface area contributed by atoms with E-state index in [4.69, 9.17) is 15.2 Å². The summed E-state index contributed by atoms with van der Waals surface area (Å²) in [5.41, 5.74) is 4.38. The van der Waals surface area contributed by atoms with Crippen LogP contribution in [0.2, 0.25) is 0 Å². The van der Waals surface area contributed by atoms with Gasteiger partial charge in [-0.25, -0.2) is 9.59 Å². The van der Waals surface area contributed by atoms with Crippen LogP contribution in [-0.2, 0) is 23.9 Å². The van der Waals surface area contributed by atoms with Gasteiger partial charge in [-0.15, -0.1) is 0 Å². The zero-order valence-electron chi connectivity index (χ0n) is 21.7. The molecule has 2 aliphatic rings. The SMILES string of the molecule is CCOC(=O)[C@@]1(N)C[C@H]1C=CCCCCC[C@H](NC(=O)OC(C)(C)C)C(=O)N1C[C@H](O)C[C@H]1C(=O)O. The fraction of sp³-hybridized carbons (Fsp3) is 0.760. The molecule has 2 rings (SSSR count). The number of hydrogen-bond acceptors (Lipinski definition) is 8. The quantitative estimate of drug-likeness (QED) is 0.173. The van der Waals surface area contributed by atoms with Crippen LogP contribution in [0, 0.1) is 5.92 Å². The van der Waals surface area contributed by atoms with E-state index in [1.54, 1.807) is 27.7 Å². The van der Waals surface area contributed by atoms with Crippen LogP contribution in [0.15, 0.2) is 12.2 Å². The zero-order chi connectivity index (χ0) is 27.1. The second kappa shape index (κ2) is 12.5. The van der Waals surface area contributed by atoms with Gasteiger partial charge in [-0.3, -0.25) is 9.59 Å². The lowest BCUT2D eigenvalue weighted by atomic mass is 10.0. The third kappa shape index (κ3) is 8.48. The van der Waals surface area contributed by atoms with Gasteiger partial charge >= 0.3 is 18.0 Å². The van der Waals surface area contributed by atoms with Gasteiger partial charge < -0.3 is 35.6 Å². The summed E-state index contributed by atoms with van der Waals surface area (Å²) >= 11 is 0. The summed E-state index contributed by atoms with van der Waals surface area (Å²) in [5.74, 6) is -2.13. The molecule has 0 bridgehead atoms. The van der Waals surface area contributed by atoms with Crippen LogP contribution in [-0.4, -0.2) is 81.5 Å². The number of allylic oxidation sites excluding steroid dienone is 1. The van der Waals surface area contributed by atoms with Crippen LogP contribution in [0.5, 0.6) is 0 Å². The number of unbranched alkanes of at least 4 members (excludes halogenated alkanes) is 3. The molecule has 2 amide bonds. The maximum atomic E-state index is 13.1. The number of β-amino-alcohol motifs (C(OH)–C–C–N with tert-alkyl or cyclic N) is 1. The number of carbonyl (C=O) groups is 4. The Hall–Kier alpha value is -2.66. The molecule has 5 N–H and O–H groups in total. The van der Waals surface area contributed by atoms with Gasteiger partial charge in [0.05, 0.1) is 12.7 Å². The van der Waals surface area contributed by atoms with Crippen molar-refractivity contribution in [1.82, 2.24) is 10.2 Å². The van der Waals surface area contributed by atoms with Crippen molar-refractivity contribution in [3.05, 3.63) is 12.2 Å². The van der Waals surface area contributed by atoms with Crippen molar-refractivity contribution in [3.8, 4) is 0 Å². The first-order chi connectivity index (χ1) is 16.8. The number of nitrogens with two attached hydrogens (primary N) is 1. The fourth-order valence-electron chi connectivity index (χ4n) is 4.29. The molecular formula is C25H41N3O8. The van der Waals surface area contributed by atoms with E-state index < -0.39 is 47.3 Å². The van der Waals surface area contributed by atoms with Gasteiger partial charge in [0.25, 0.3) is 0 Å². The lowest BCUT2D eigenvalue weighted by Crippen LogP contribution is -2.52. The number of aliphatic hydroxyl groups excluding tert-OH is 1. The second-order valence-corrected chi connectivity index (χ2v) is 10.6. The first kappa shape index (κ1) is 29.6. The van der Waals surface area contributed by atoms with Crippen molar-refractivity contribution in [2.45, 2.75) is 102 Å². The number of aliphatic hydroxyl groups is 1. The number of alkyl carbamates (subject to hydrolysis) is 1. The van der Waals surface area contributed by atoms with Crippen molar-refractivity contribution in [3.63, 3.8) is 0 Å². The first-order valence-electron chi connectivity index (χ1n) is 12.6. The van der Waals surface area contributed by atoms with Crippen LogP contribution < -0.4 is 11.1 Å². The molecular weight excluding hydrogens is 470 g/mol. The average Bonchev–Trinajstić information content (AvgIpc) is 3.26. The Morgan fingerprint density at radius 1 is 1.22 bits per heavy atom. The molecule has 0 unspecified atom stereocenters. The number of nitrogens with one attached hydrogen (secondary N) is 1. The van der Waals surface area contributed by atoms with Crippen LogP contribution in [0.25, 0.3) is 0 Å². The molecule has 0 aromatic carbocycles. The standard InChI is InChI=1S/C25H41N3O8/c1-5-35-22(33)25(26)14-16(25)11-9-7-6-8-10-12-18(27-23(34)36-24(2,3)4)20(30)28-15-17(29)13-19(28)21(31)32/h9,11,16-19,29H,5-8,10,12-15,26H2,1-4H3,(H,27,34)(H,31,32)/t16-,17-,18+,19+,25-/m1/s1. The molecule has 5 atom stereocenters. The molecule has 36 heavy (non-hydrogen) atoms. The highest BCUT2D eigenvalue weighted by Crippen LogP contribution is 2.43. The van der Waals surface area contributed by atoms with Crippen molar-refractivity contribution in [1.29, 1.82) is 0 Å². The van der Waals surface area contributed by atoms with E-state index in [1.807, 2.05) is 12.2 Å². The minimum atomic E-state index is -1.19. The predicted molar refractivity (Wildman–Crippen MR) is 131 cm³/mol. The molecule has 2 fully saturated rings. The molecule has 0 radical (unpaired) electrons. The molecule has 11 heteroatoms. The number of hydrogen-bond donors (Lipinski definition) is 4. The molecule has 1 aliphatic heterocycles. The number of esters is 1. The number of carboxylic acids is 1. The Balaban J connectivity index is 1.86. The molecule has 11 nitrogen and oxygen atoms in total. The largest absolute Gasteiger partial charge is 0.480 e. The number of ether oxygens (including phenoxy) is 2. The highest BCUT2D eigenvalue weighted by molar-refractivity contribution is 5.90. The summed E-state index contributed by atoms with van der Waals surface area (Å²) in [5, 5.41) is 21.9. The number of rotatable bonds is 12. The Morgan fingerprint density at radius 2 is 1.92 bits per heavy atom. The van der Waals surface area contributed by atoms with Crippen molar-refractivity contribution in [2.24, 2.45) is 11.7 Å². The fourth-order valence-corrected chi connectivity index (χ4v) is 4.29. The number of carbonyl (C=O) groups excluding carboxylic acids is 3. The van der Waals surface area contributed by atoms with E-state index in [-0.39, 0.29) is 24.9 Å². The summed E-state index contributed by atoms with van der Waals surface area (Å²) in [6.07, 6.45) is 6.06. The van der Waals surface area contributed by atoms with Gasteiger partial charge in [-0.1, -0.05) is 25.0 Å². The third-order valence-corrected chi connectivity index (χ3v) is 6.28. The lowest BCUT2D eigenvalue weighted by Gasteiger charge is -2.28. The Labute approximate surface area is 212 Å². The number of amides is 2. The normalized spacial score (nSPS) is 26.5. The molecule has 0 spiro atoms. The third-order valence-electron chi connectivity index (χ3n) is 6.28. The minimum Gasteiger partial charge on any atom is -0.480 e. The van der Waals surface area contributed by atoms with Crippen LogP contribution in [0.4, 0.5) is 4.79 Å². The van der Waals surface area contributed by atoms with E-state index in [2.05, 4.69) is 5.32 Å². The summed E-state index contributed by atoms with van der Waals surface area (Å²) < 4.78 is 10.3. The van der Waals surface area contributed by atoms with E-state index in [1.165, 1.54) is 0 Å². The number of aliphatic carboxylic acids is 1. The van der Waals surface area contributed by atoms with E-state index >= 15 is 0 Å². The smallest absolute Gasteiger partial charge is 0.408 e. The van der Waals surface area contributed by atoms with Gasteiger partial charge in [0.1, 0.15) is 23.2 Å². The van der Waals surface area contributed by atoms with E-state index in [0.29, 0.717) is 25.9 Å². The molecule has 1 aliphatic carbocycles. The van der Waals surface area contributed by atoms with Crippen molar-refractivity contribution >= 4 is 23.9 Å². The Bertz CT molecular complexity index is 840. The Kier molecular flexibility index (Phi) is 10.3. The van der Waals surface area contributed by atoms with E-state index in [0.717, 1.165) is 24.2 Å². The average molecular weight is 512 g/mol. The van der Waals surface area contributed by atoms with Gasteiger partial charge in [0.15, 0.2) is 0 Å². The first-order valence-corrected chi connectivity index (χ1v) is 12.6. The summed E-state index contributed by atoms with van der Waals surface area (Å²) in [4.78, 5) is 50.0. The van der Waals surface area contributed by atoms with Gasteiger partial charge in [0, 0.05) is 18.9 Å². The summed E-state index contributed by atoms with van der Waals surface area (Å²) in [6.45, 7) is 7.07. The number of nitrogens with zero attached hydrogens (tertiary/aromatic N) is 1. The monoisotopic (exact) mass is 511 g/mol. The van der Waals surface area contributed by atoms with Crippen LogP contribution in [0.3, 0.4) is 0 Å². The molecule has 0 aromatic heterocycles. The lowest BCUT2D eigenvalue weighted by molar-refractivity contribution is -0.149. The maximum Gasteiger partial charge on any atom is 0.408 e. The van der Waals surface area contributed by atoms with Gasteiger partial charge in [-0.05, 0) is 53.4 Å². The maximum absolute atomic E-state index is 13.1. The molecule has 1 heterocycles. The predicted octanol–water partition coefficient (Wildman–Crippen LogP) is 1.71. The van der Waals surface area contributed by atoms with Crippen LogP contribution >= 0.6 is 0 Å². The summed E-state index contributed by atoms with van der Waals surface area (Å²) in [6, 6.07) is -2.09. The summed E-state index contributed by atoms with van der Waals surface area (Å²) in [7, 11) is 0. The zero-order valence-corrected chi connectivity index (χ0v) is 21.7.